The van der Waals surface area contributed by atoms with Crippen molar-refractivity contribution in [1.29, 1.82) is 0 Å². The molecule has 21 heavy (non-hydrogen) atoms. The minimum atomic E-state index is -4.20. The Balaban J connectivity index is 2.39. The molecule has 1 fully saturated rings. The molecule has 2 amide bonds. The van der Waals surface area contributed by atoms with Crippen LogP contribution in [-0.4, -0.2) is 30.6 Å². The van der Waals surface area contributed by atoms with Crippen LogP contribution in [0.5, 0.6) is 0 Å². The molecular weight excluding hydrogens is 285 g/mol. The third kappa shape index (κ3) is 5.93. The number of carbonyl (C=O) groups excluding carboxylic acids is 2. The highest BCUT2D eigenvalue weighted by molar-refractivity contribution is 5.87. The summed E-state index contributed by atoms with van der Waals surface area (Å²) in [6.07, 6.45) is -3.17. The fourth-order valence-electron chi connectivity index (χ4n) is 2.32. The Labute approximate surface area is 122 Å². The number of rotatable bonds is 3. The zero-order valence-electron chi connectivity index (χ0n) is 12.6. The number of halogens is 3. The first-order chi connectivity index (χ1) is 9.50. The lowest BCUT2D eigenvalue weighted by Crippen LogP contribution is -2.46. The highest BCUT2D eigenvalue weighted by Crippen LogP contribution is 2.37. The van der Waals surface area contributed by atoms with E-state index in [-0.39, 0.29) is 25.3 Å². The molecule has 0 aromatic heterocycles. The van der Waals surface area contributed by atoms with Crippen molar-refractivity contribution in [3.05, 3.63) is 0 Å². The van der Waals surface area contributed by atoms with Gasteiger partial charge in [-0.15, -0.1) is 0 Å². The lowest BCUT2D eigenvalue weighted by Gasteiger charge is -2.31. The Morgan fingerprint density at radius 2 is 1.76 bits per heavy atom. The van der Waals surface area contributed by atoms with E-state index in [1.165, 1.54) is 0 Å². The summed E-state index contributed by atoms with van der Waals surface area (Å²) in [4.78, 5) is 23.3. The number of amides is 2. The van der Waals surface area contributed by atoms with Gasteiger partial charge in [0, 0.05) is 11.5 Å². The van der Waals surface area contributed by atoms with Crippen molar-refractivity contribution >= 4 is 11.8 Å². The lowest BCUT2D eigenvalue weighted by atomic mass is 9.85. The molecule has 1 aliphatic carbocycles. The molecule has 0 aliphatic heterocycles. The van der Waals surface area contributed by atoms with E-state index in [1.54, 1.807) is 20.8 Å². The Morgan fingerprint density at radius 3 is 2.29 bits per heavy atom. The summed E-state index contributed by atoms with van der Waals surface area (Å²) in [6, 6.07) is -0.468. The van der Waals surface area contributed by atoms with Gasteiger partial charge in [0.15, 0.2) is 0 Å². The first kappa shape index (κ1) is 17.8. The summed E-state index contributed by atoms with van der Waals surface area (Å²) >= 11 is 0. The van der Waals surface area contributed by atoms with Crippen LogP contribution in [0.2, 0.25) is 0 Å². The molecule has 0 radical (unpaired) electrons. The number of hydrogen-bond acceptors (Lipinski definition) is 2. The predicted octanol–water partition coefficient (Wildman–Crippen LogP) is 2.39. The Hall–Kier alpha value is -1.27. The minimum absolute atomic E-state index is 0.0809. The Morgan fingerprint density at radius 1 is 1.14 bits per heavy atom. The van der Waals surface area contributed by atoms with Gasteiger partial charge in [-0.3, -0.25) is 9.59 Å². The molecule has 0 heterocycles. The van der Waals surface area contributed by atoms with Gasteiger partial charge in [0.25, 0.3) is 0 Å². The lowest BCUT2D eigenvalue weighted by molar-refractivity contribution is -0.184. The molecule has 0 aromatic carbocycles. The topological polar surface area (TPSA) is 58.2 Å². The standard InChI is InChI=1S/C14H23F3N2O2/c1-13(2,3)12(21)18-8-11(20)19-10-6-4-5-9(7-10)14(15,16)17/h9-10H,4-8H2,1-3H3,(H,18,21)(H,19,20). The summed E-state index contributed by atoms with van der Waals surface area (Å²) in [5.41, 5.74) is -0.605. The van der Waals surface area contributed by atoms with Crippen LogP contribution in [0, 0.1) is 11.3 Å². The van der Waals surface area contributed by atoms with E-state index in [9.17, 15) is 22.8 Å². The van der Waals surface area contributed by atoms with Crippen LogP contribution in [0.3, 0.4) is 0 Å². The normalized spacial score (nSPS) is 23.5. The van der Waals surface area contributed by atoms with Gasteiger partial charge in [-0.25, -0.2) is 0 Å². The Bertz CT molecular complexity index is 389. The molecule has 0 spiro atoms. The summed E-state index contributed by atoms with van der Waals surface area (Å²) < 4.78 is 38.0. The minimum Gasteiger partial charge on any atom is -0.352 e. The van der Waals surface area contributed by atoms with E-state index in [0.717, 1.165) is 0 Å². The quantitative estimate of drug-likeness (QED) is 0.841. The molecule has 1 saturated carbocycles. The van der Waals surface area contributed by atoms with Crippen molar-refractivity contribution in [2.24, 2.45) is 11.3 Å². The first-order valence-corrected chi connectivity index (χ1v) is 7.14. The highest BCUT2D eigenvalue weighted by Gasteiger charge is 2.42. The van der Waals surface area contributed by atoms with Crippen LogP contribution in [-0.2, 0) is 9.59 Å². The zero-order valence-corrected chi connectivity index (χ0v) is 12.6. The SMILES string of the molecule is CC(C)(C)C(=O)NCC(=O)NC1CCCC(C(F)(F)F)C1. The van der Waals surface area contributed by atoms with Gasteiger partial charge in [0.2, 0.25) is 11.8 Å². The van der Waals surface area contributed by atoms with E-state index in [2.05, 4.69) is 10.6 Å². The summed E-state index contributed by atoms with van der Waals surface area (Å²) in [5.74, 6) is -2.06. The monoisotopic (exact) mass is 308 g/mol. The molecule has 0 aromatic rings. The molecule has 122 valence electrons. The van der Waals surface area contributed by atoms with E-state index in [1.807, 2.05) is 0 Å². The van der Waals surface area contributed by atoms with Crippen LogP contribution in [0.15, 0.2) is 0 Å². The van der Waals surface area contributed by atoms with Crippen LogP contribution in [0.1, 0.15) is 46.5 Å². The third-order valence-electron chi connectivity index (χ3n) is 3.59. The number of alkyl halides is 3. The molecule has 1 rings (SSSR count). The summed E-state index contributed by atoms with van der Waals surface area (Å²) in [5, 5.41) is 5.05. The second kappa shape index (κ2) is 6.66. The summed E-state index contributed by atoms with van der Waals surface area (Å²) in [7, 11) is 0. The van der Waals surface area contributed by atoms with Gasteiger partial charge in [0.05, 0.1) is 12.5 Å². The van der Waals surface area contributed by atoms with Crippen molar-refractivity contribution in [2.45, 2.75) is 58.7 Å². The van der Waals surface area contributed by atoms with Gasteiger partial charge >= 0.3 is 6.18 Å². The van der Waals surface area contributed by atoms with Crippen LogP contribution < -0.4 is 10.6 Å². The van der Waals surface area contributed by atoms with E-state index in [0.29, 0.717) is 12.8 Å². The van der Waals surface area contributed by atoms with Crippen molar-refractivity contribution < 1.29 is 22.8 Å². The van der Waals surface area contributed by atoms with Crippen molar-refractivity contribution in [2.75, 3.05) is 6.54 Å². The molecule has 2 unspecified atom stereocenters. The Kier molecular flexibility index (Phi) is 5.64. The molecule has 0 saturated heterocycles. The highest BCUT2D eigenvalue weighted by atomic mass is 19.4. The number of hydrogen-bond donors (Lipinski definition) is 2. The van der Waals surface area contributed by atoms with E-state index >= 15 is 0 Å². The average Bonchev–Trinajstić information content (AvgIpc) is 2.34. The maximum atomic E-state index is 12.7. The van der Waals surface area contributed by atoms with Gasteiger partial charge in [0.1, 0.15) is 0 Å². The second-order valence-electron chi connectivity index (χ2n) is 6.60. The molecule has 0 bridgehead atoms. The van der Waals surface area contributed by atoms with Crippen molar-refractivity contribution in [3.63, 3.8) is 0 Å². The van der Waals surface area contributed by atoms with Crippen molar-refractivity contribution in [3.8, 4) is 0 Å². The molecular formula is C14H23F3N2O2. The predicted molar refractivity (Wildman–Crippen MR) is 72.4 cm³/mol. The average molecular weight is 308 g/mol. The fourth-order valence-corrected chi connectivity index (χ4v) is 2.32. The van der Waals surface area contributed by atoms with Crippen LogP contribution in [0.4, 0.5) is 13.2 Å². The van der Waals surface area contributed by atoms with Crippen molar-refractivity contribution in [1.82, 2.24) is 10.6 Å². The third-order valence-corrected chi connectivity index (χ3v) is 3.59. The maximum absolute atomic E-state index is 12.7. The smallest absolute Gasteiger partial charge is 0.352 e. The summed E-state index contributed by atoms with van der Waals surface area (Å²) in [6.45, 7) is 4.95. The van der Waals surface area contributed by atoms with E-state index < -0.39 is 29.5 Å². The first-order valence-electron chi connectivity index (χ1n) is 7.14. The van der Waals surface area contributed by atoms with Crippen LogP contribution >= 0.6 is 0 Å². The molecule has 7 heteroatoms. The molecule has 1 aliphatic rings. The fraction of sp³-hybridized carbons (Fsp3) is 0.857. The van der Waals surface area contributed by atoms with Gasteiger partial charge in [-0.05, 0) is 19.3 Å². The number of nitrogens with one attached hydrogen (secondary N) is 2. The van der Waals surface area contributed by atoms with E-state index in [4.69, 9.17) is 0 Å². The van der Waals surface area contributed by atoms with Gasteiger partial charge in [-0.1, -0.05) is 27.2 Å². The van der Waals surface area contributed by atoms with Gasteiger partial charge in [-0.2, -0.15) is 13.2 Å². The zero-order chi connectivity index (χ0) is 16.3. The second-order valence-corrected chi connectivity index (χ2v) is 6.60. The molecule has 2 N–H and O–H groups in total. The van der Waals surface area contributed by atoms with Gasteiger partial charge < -0.3 is 10.6 Å². The largest absolute Gasteiger partial charge is 0.391 e. The van der Waals surface area contributed by atoms with Crippen LogP contribution in [0.25, 0.3) is 0 Å². The maximum Gasteiger partial charge on any atom is 0.391 e. The number of carbonyl (C=O) groups is 2. The molecule has 4 nitrogen and oxygen atoms in total. The molecule has 2 atom stereocenters.